The molecule has 0 heterocycles. The van der Waals surface area contributed by atoms with E-state index in [1.165, 1.54) is 21.5 Å². The summed E-state index contributed by atoms with van der Waals surface area (Å²) in [5, 5.41) is 4.87. The smallest absolute Gasteiger partial charge is 0.0468 e. The van der Waals surface area contributed by atoms with E-state index in [0.29, 0.717) is 0 Å². The van der Waals surface area contributed by atoms with Crippen molar-refractivity contribution < 1.29 is 0 Å². The summed E-state index contributed by atoms with van der Waals surface area (Å²) >= 11 is 0. The van der Waals surface area contributed by atoms with Gasteiger partial charge >= 0.3 is 0 Å². The second kappa shape index (κ2) is 19.8. The molecule has 0 fully saturated rings. The molecule has 0 unspecified atom stereocenters. The number of hydrogen-bond acceptors (Lipinski definition) is 4. The van der Waals surface area contributed by atoms with Crippen LogP contribution in [-0.2, 0) is 0 Å². The molecule has 0 aliphatic rings. The average Bonchev–Trinajstić information content (AvgIpc) is 3.46. The summed E-state index contributed by atoms with van der Waals surface area (Å²) in [6, 6.07) is 108. The van der Waals surface area contributed by atoms with E-state index in [2.05, 4.69) is 323 Å². The highest BCUT2D eigenvalue weighted by Gasteiger charge is 2.19. The average molecular weight is 923 g/mol. The van der Waals surface area contributed by atoms with Crippen molar-refractivity contribution in [2.45, 2.75) is 0 Å². The second-order valence-corrected chi connectivity index (χ2v) is 17.9. The van der Waals surface area contributed by atoms with Crippen LogP contribution in [-0.4, -0.2) is 0 Å². The minimum Gasteiger partial charge on any atom is -0.311 e. The molecule has 4 heteroatoms. The second-order valence-electron chi connectivity index (χ2n) is 17.9. The van der Waals surface area contributed by atoms with Crippen LogP contribution < -0.4 is 19.6 Å². The van der Waals surface area contributed by atoms with Crippen molar-refractivity contribution in [3.63, 3.8) is 0 Å². The lowest BCUT2D eigenvalue weighted by Crippen LogP contribution is -2.12. The first-order chi connectivity index (χ1) is 35.7. The van der Waals surface area contributed by atoms with Gasteiger partial charge in [0.2, 0.25) is 0 Å². The van der Waals surface area contributed by atoms with Crippen LogP contribution in [0.5, 0.6) is 0 Å². The fourth-order valence-corrected chi connectivity index (χ4v) is 9.84. The van der Waals surface area contributed by atoms with Crippen LogP contribution in [0.2, 0.25) is 0 Å². The van der Waals surface area contributed by atoms with Gasteiger partial charge in [0.25, 0.3) is 0 Å². The molecule has 12 aromatic carbocycles. The van der Waals surface area contributed by atoms with Crippen LogP contribution in [0.25, 0.3) is 32.7 Å². The van der Waals surface area contributed by atoms with Gasteiger partial charge in [0.15, 0.2) is 0 Å². The Morgan fingerprint density at radius 3 is 0.611 bits per heavy atom. The van der Waals surface area contributed by atoms with Gasteiger partial charge in [-0.05, 0) is 178 Å². The molecule has 0 aromatic heterocycles. The van der Waals surface area contributed by atoms with Crippen molar-refractivity contribution in [2.24, 2.45) is 0 Å². The Balaban J connectivity index is 0.832. The number of hydrogen-bond donors (Lipinski definition) is 0. The van der Waals surface area contributed by atoms with Gasteiger partial charge in [-0.3, -0.25) is 0 Å². The molecule has 0 amide bonds. The Kier molecular flexibility index (Phi) is 12.0. The molecule has 0 saturated heterocycles. The molecule has 0 aliphatic heterocycles. The van der Waals surface area contributed by atoms with E-state index in [0.717, 1.165) is 79.4 Å². The number of fused-ring (bicyclic) bond motifs is 2. The predicted molar refractivity (Wildman–Crippen MR) is 306 cm³/mol. The van der Waals surface area contributed by atoms with Gasteiger partial charge in [0.05, 0.1) is 0 Å². The van der Waals surface area contributed by atoms with E-state index in [1.54, 1.807) is 0 Å². The third kappa shape index (κ3) is 8.93. The predicted octanol–water partition coefficient (Wildman–Crippen LogP) is 19.5. The molecule has 0 saturated carbocycles. The first kappa shape index (κ1) is 43.6. The van der Waals surface area contributed by atoms with Crippen molar-refractivity contribution in [1.29, 1.82) is 0 Å². The number of nitrogens with zero attached hydrogens (tertiary/aromatic N) is 4. The van der Waals surface area contributed by atoms with Gasteiger partial charge in [-0.25, -0.2) is 0 Å². The van der Waals surface area contributed by atoms with Crippen LogP contribution in [0.15, 0.2) is 303 Å². The molecule has 0 atom stereocenters. The summed E-state index contributed by atoms with van der Waals surface area (Å²) in [6.07, 6.45) is 0. The Labute approximate surface area is 421 Å². The molecule has 0 bridgehead atoms. The van der Waals surface area contributed by atoms with Gasteiger partial charge in [-0.15, -0.1) is 0 Å². The molecule has 12 rings (SSSR count). The maximum atomic E-state index is 2.33. The zero-order chi connectivity index (χ0) is 48.1. The first-order valence-electron chi connectivity index (χ1n) is 24.5. The number of anilines is 12. The maximum Gasteiger partial charge on any atom is 0.0468 e. The molecule has 0 N–H and O–H groups in total. The van der Waals surface area contributed by atoms with Gasteiger partial charge in [-0.1, -0.05) is 158 Å². The fraction of sp³-hybridized carbons (Fsp3) is 0. The lowest BCUT2D eigenvalue weighted by Gasteiger charge is -2.29. The Bertz CT molecular complexity index is 3460. The SMILES string of the molecule is c1ccc(N(c2ccc(-c3ccc(N(c4ccccc4)c4ccc(N(c5ccccc5)c5ccc6ccccc6c5)cc4)cc3)cc2)c2ccc(N(c3ccccc3)c3ccc4ccccc4c3)cc2)cc1. The minimum atomic E-state index is 1.07. The summed E-state index contributed by atoms with van der Waals surface area (Å²) < 4.78 is 0. The fourth-order valence-electron chi connectivity index (χ4n) is 9.84. The summed E-state index contributed by atoms with van der Waals surface area (Å²) in [5.74, 6) is 0. The zero-order valence-electron chi connectivity index (χ0n) is 39.7. The molecular weight excluding hydrogens is 873 g/mol. The van der Waals surface area contributed by atoms with E-state index in [4.69, 9.17) is 0 Å². The molecule has 4 nitrogen and oxygen atoms in total. The molecule has 342 valence electrons. The van der Waals surface area contributed by atoms with Crippen molar-refractivity contribution in [2.75, 3.05) is 19.6 Å². The summed E-state index contributed by atoms with van der Waals surface area (Å²) in [6.45, 7) is 0. The normalized spacial score (nSPS) is 11.1. The van der Waals surface area contributed by atoms with Crippen molar-refractivity contribution in [3.8, 4) is 11.1 Å². The van der Waals surface area contributed by atoms with Crippen molar-refractivity contribution in [1.82, 2.24) is 0 Å². The molecule has 12 aromatic rings. The van der Waals surface area contributed by atoms with Crippen LogP contribution in [0.3, 0.4) is 0 Å². The summed E-state index contributed by atoms with van der Waals surface area (Å²) in [5.41, 5.74) is 15.4. The highest BCUT2D eigenvalue weighted by atomic mass is 15.2. The number of benzene rings is 12. The van der Waals surface area contributed by atoms with Crippen LogP contribution >= 0.6 is 0 Å². The summed E-state index contributed by atoms with van der Waals surface area (Å²) in [7, 11) is 0. The van der Waals surface area contributed by atoms with Gasteiger partial charge in [0, 0.05) is 68.2 Å². The highest BCUT2D eigenvalue weighted by molar-refractivity contribution is 5.92. The van der Waals surface area contributed by atoms with Crippen molar-refractivity contribution in [3.05, 3.63) is 303 Å². The lowest BCUT2D eigenvalue weighted by molar-refractivity contribution is 1.26. The quantitative estimate of drug-likeness (QED) is 0.114. The van der Waals surface area contributed by atoms with E-state index < -0.39 is 0 Å². The Morgan fingerprint density at radius 2 is 0.333 bits per heavy atom. The van der Waals surface area contributed by atoms with E-state index in [9.17, 15) is 0 Å². The van der Waals surface area contributed by atoms with Gasteiger partial charge in [0.1, 0.15) is 0 Å². The van der Waals surface area contributed by atoms with Crippen molar-refractivity contribution >= 4 is 89.8 Å². The van der Waals surface area contributed by atoms with Crippen LogP contribution in [0, 0.1) is 0 Å². The van der Waals surface area contributed by atoms with Crippen LogP contribution in [0.1, 0.15) is 0 Å². The standard InChI is InChI=1S/C68H50N4/c1-5-21-57(22-6-1)69(63-41-45-65(46-42-63)71(59-25-9-3-10-26-59)67-39-33-51-17-13-15-19-55(51)49-67)61-35-29-53(30-36-61)54-31-37-62(38-32-54)70(58-23-7-2-8-24-58)64-43-47-66(48-44-64)72(60-27-11-4-12-28-60)68-40-34-52-18-14-16-20-56(52)50-68/h1-50H. The number of para-hydroxylation sites is 4. The molecule has 72 heavy (non-hydrogen) atoms. The summed E-state index contributed by atoms with van der Waals surface area (Å²) in [4.78, 5) is 9.30. The molecule has 0 radical (unpaired) electrons. The maximum absolute atomic E-state index is 2.33. The molecular formula is C68H50N4. The Morgan fingerprint density at radius 1 is 0.139 bits per heavy atom. The largest absolute Gasteiger partial charge is 0.311 e. The third-order valence-corrected chi connectivity index (χ3v) is 13.4. The zero-order valence-corrected chi connectivity index (χ0v) is 39.7. The van der Waals surface area contributed by atoms with Gasteiger partial charge < -0.3 is 19.6 Å². The topological polar surface area (TPSA) is 13.0 Å². The van der Waals surface area contributed by atoms with Crippen LogP contribution in [0.4, 0.5) is 68.2 Å². The monoisotopic (exact) mass is 922 g/mol. The van der Waals surface area contributed by atoms with E-state index in [-0.39, 0.29) is 0 Å². The van der Waals surface area contributed by atoms with E-state index in [1.807, 2.05) is 0 Å². The third-order valence-electron chi connectivity index (χ3n) is 13.4. The van der Waals surface area contributed by atoms with E-state index >= 15 is 0 Å². The minimum absolute atomic E-state index is 1.07. The highest BCUT2D eigenvalue weighted by Crippen LogP contribution is 2.43. The molecule has 0 aliphatic carbocycles. The molecule has 0 spiro atoms. The van der Waals surface area contributed by atoms with Gasteiger partial charge in [-0.2, -0.15) is 0 Å². The first-order valence-corrected chi connectivity index (χ1v) is 24.5. The lowest BCUT2D eigenvalue weighted by atomic mass is 10.0. The number of rotatable bonds is 13. The Hall–Kier alpha value is -9.64.